The van der Waals surface area contributed by atoms with Gasteiger partial charge in [-0.2, -0.15) is 0 Å². The van der Waals surface area contributed by atoms with E-state index in [2.05, 4.69) is 43.2 Å². The Labute approximate surface area is 151 Å². The lowest BCUT2D eigenvalue weighted by Crippen LogP contribution is -3.06. The van der Waals surface area contributed by atoms with Gasteiger partial charge in [-0.05, 0) is 38.2 Å². The van der Waals surface area contributed by atoms with E-state index in [1.54, 1.807) is 11.3 Å². The lowest BCUT2D eigenvalue weighted by Gasteiger charge is -2.13. The fraction of sp³-hybridized carbons (Fsp3) is 0.400. The fourth-order valence-corrected chi connectivity index (χ4v) is 4.98. The molecule has 0 bridgehead atoms. The molecule has 0 radical (unpaired) electrons. The molecule has 4 rings (SSSR count). The number of hydrogen-bond acceptors (Lipinski definition) is 3. The quantitative estimate of drug-likeness (QED) is 0.756. The molecule has 130 valence electrons. The van der Waals surface area contributed by atoms with Gasteiger partial charge in [-0.15, -0.1) is 11.3 Å². The topological polar surface area (TPSA) is 50.2 Å². The first-order valence-corrected chi connectivity index (χ1v) is 9.82. The van der Waals surface area contributed by atoms with Crippen molar-refractivity contribution < 1.29 is 4.90 Å². The monoisotopic (exact) mass is 354 g/mol. The number of nitrogens with one attached hydrogen (secondary N) is 2. The number of benzene rings is 1. The van der Waals surface area contributed by atoms with Gasteiger partial charge in [-0.1, -0.05) is 29.8 Å². The number of rotatable bonds is 4. The Morgan fingerprint density at radius 2 is 1.92 bits per heavy atom. The van der Waals surface area contributed by atoms with Crippen molar-refractivity contribution >= 4 is 21.6 Å². The van der Waals surface area contributed by atoms with Crippen LogP contribution in [0.1, 0.15) is 40.2 Å². The molecular weight excluding hydrogens is 330 g/mol. The van der Waals surface area contributed by atoms with E-state index in [-0.39, 0.29) is 5.56 Å². The third-order valence-electron chi connectivity index (χ3n) is 4.97. The van der Waals surface area contributed by atoms with Crippen LogP contribution in [0.15, 0.2) is 29.1 Å². The first-order chi connectivity index (χ1) is 12.1. The number of H-pyrrole nitrogens is 1. The summed E-state index contributed by atoms with van der Waals surface area (Å²) in [5.41, 5.74) is 3.88. The molecule has 0 spiro atoms. The van der Waals surface area contributed by atoms with Crippen LogP contribution in [-0.2, 0) is 25.9 Å². The van der Waals surface area contributed by atoms with Gasteiger partial charge in [-0.25, -0.2) is 4.98 Å². The van der Waals surface area contributed by atoms with Crippen molar-refractivity contribution in [3.05, 3.63) is 62.0 Å². The highest BCUT2D eigenvalue weighted by molar-refractivity contribution is 7.18. The van der Waals surface area contributed by atoms with Crippen LogP contribution in [0.2, 0.25) is 0 Å². The molecule has 4 nitrogen and oxygen atoms in total. The van der Waals surface area contributed by atoms with E-state index in [0.29, 0.717) is 0 Å². The number of aromatic amines is 1. The Morgan fingerprint density at radius 1 is 1.16 bits per heavy atom. The molecule has 3 aromatic rings. The Balaban J connectivity index is 1.57. The number of aryl methyl sites for hydroxylation is 3. The summed E-state index contributed by atoms with van der Waals surface area (Å²) in [6.07, 6.45) is 4.54. The zero-order chi connectivity index (χ0) is 17.4. The van der Waals surface area contributed by atoms with Crippen molar-refractivity contribution in [2.75, 3.05) is 7.05 Å². The summed E-state index contributed by atoms with van der Waals surface area (Å²) in [4.78, 5) is 24.0. The number of aromatic nitrogens is 2. The van der Waals surface area contributed by atoms with E-state index in [1.165, 1.54) is 39.3 Å². The minimum absolute atomic E-state index is 0.0440. The third-order valence-corrected chi connectivity index (χ3v) is 6.16. The van der Waals surface area contributed by atoms with Gasteiger partial charge in [0.25, 0.3) is 5.56 Å². The van der Waals surface area contributed by atoms with E-state index in [1.807, 2.05) is 0 Å². The lowest BCUT2D eigenvalue weighted by atomic mass is 9.97. The summed E-state index contributed by atoms with van der Waals surface area (Å²) in [5, 5.41) is 0.847. The normalized spacial score (nSPS) is 15.3. The average Bonchev–Trinajstić information content (AvgIpc) is 2.95. The second-order valence-corrected chi connectivity index (χ2v) is 8.28. The molecule has 1 atom stereocenters. The molecule has 0 aliphatic heterocycles. The van der Waals surface area contributed by atoms with Crippen LogP contribution in [0.5, 0.6) is 0 Å². The smallest absolute Gasteiger partial charge is 0.260 e. The second kappa shape index (κ2) is 6.73. The third kappa shape index (κ3) is 3.39. The zero-order valence-corrected chi connectivity index (χ0v) is 15.6. The Kier molecular flexibility index (Phi) is 4.44. The van der Waals surface area contributed by atoms with E-state index < -0.39 is 0 Å². The highest BCUT2D eigenvalue weighted by atomic mass is 32.1. The van der Waals surface area contributed by atoms with Crippen molar-refractivity contribution in [3.63, 3.8) is 0 Å². The van der Waals surface area contributed by atoms with Crippen molar-refractivity contribution in [1.82, 2.24) is 9.97 Å². The van der Waals surface area contributed by atoms with Gasteiger partial charge >= 0.3 is 0 Å². The molecule has 0 saturated heterocycles. The van der Waals surface area contributed by atoms with Crippen LogP contribution in [0.25, 0.3) is 10.2 Å². The van der Waals surface area contributed by atoms with Gasteiger partial charge in [0.1, 0.15) is 17.9 Å². The predicted octanol–water partition coefficient (Wildman–Crippen LogP) is 2.39. The van der Waals surface area contributed by atoms with Gasteiger partial charge < -0.3 is 9.88 Å². The van der Waals surface area contributed by atoms with E-state index in [0.717, 1.165) is 42.0 Å². The molecule has 1 aliphatic carbocycles. The first-order valence-electron chi connectivity index (χ1n) is 9.00. The van der Waals surface area contributed by atoms with Gasteiger partial charge in [0, 0.05) is 10.4 Å². The molecule has 2 aromatic heterocycles. The molecular formula is C20H24N3OS+. The second-order valence-electron chi connectivity index (χ2n) is 7.20. The van der Waals surface area contributed by atoms with Crippen molar-refractivity contribution in [3.8, 4) is 0 Å². The Bertz CT molecular complexity index is 955. The minimum Gasteiger partial charge on any atom is -0.327 e. The summed E-state index contributed by atoms with van der Waals surface area (Å²) < 4.78 is 0. The average molecular weight is 354 g/mol. The standard InChI is InChI=1S/C20H23N3OS/c1-13-7-9-14(10-8-13)11-23(2)12-17-21-19(24)18-15-5-3-4-6-16(15)25-20(18)22-17/h7-10H,3-6,11-12H2,1-2H3,(H,21,22,24)/p+1. The van der Waals surface area contributed by atoms with Crippen LogP contribution in [0.4, 0.5) is 0 Å². The molecule has 1 aromatic carbocycles. The van der Waals surface area contributed by atoms with Crippen molar-refractivity contribution in [1.29, 1.82) is 0 Å². The number of fused-ring (bicyclic) bond motifs is 3. The number of thiophene rings is 1. The highest BCUT2D eigenvalue weighted by Gasteiger charge is 2.20. The lowest BCUT2D eigenvalue weighted by molar-refractivity contribution is -0.908. The number of hydrogen-bond donors (Lipinski definition) is 2. The summed E-state index contributed by atoms with van der Waals surface area (Å²) in [6.45, 7) is 3.75. The van der Waals surface area contributed by atoms with Crippen molar-refractivity contribution in [2.24, 2.45) is 0 Å². The maximum absolute atomic E-state index is 12.6. The van der Waals surface area contributed by atoms with Gasteiger partial charge in [0.05, 0.1) is 12.4 Å². The molecule has 0 fully saturated rings. The van der Waals surface area contributed by atoms with E-state index >= 15 is 0 Å². The minimum atomic E-state index is 0.0440. The van der Waals surface area contributed by atoms with Crippen LogP contribution >= 0.6 is 11.3 Å². The van der Waals surface area contributed by atoms with Gasteiger partial charge in [0.2, 0.25) is 0 Å². The molecule has 2 heterocycles. The summed E-state index contributed by atoms with van der Waals surface area (Å²) in [6, 6.07) is 8.63. The SMILES string of the molecule is Cc1ccc(C[NH+](C)Cc2nc3sc4c(c3c(=O)[nH]2)CCCC4)cc1. The van der Waals surface area contributed by atoms with Gasteiger partial charge in [-0.3, -0.25) is 4.79 Å². The first kappa shape index (κ1) is 16.5. The predicted molar refractivity (Wildman–Crippen MR) is 102 cm³/mol. The molecule has 1 unspecified atom stereocenters. The van der Waals surface area contributed by atoms with E-state index in [9.17, 15) is 4.79 Å². The summed E-state index contributed by atoms with van der Waals surface area (Å²) in [5.74, 6) is 0.792. The number of quaternary nitrogens is 1. The Hall–Kier alpha value is -1.98. The molecule has 0 saturated carbocycles. The number of nitrogens with zero attached hydrogens (tertiary/aromatic N) is 1. The van der Waals surface area contributed by atoms with Crippen molar-refractivity contribution in [2.45, 2.75) is 45.7 Å². The zero-order valence-electron chi connectivity index (χ0n) is 14.8. The van der Waals surface area contributed by atoms with Crippen LogP contribution < -0.4 is 10.5 Å². The molecule has 1 aliphatic rings. The summed E-state index contributed by atoms with van der Waals surface area (Å²) in [7, 11) is 2.14. The fourth-order valence-electron chi connectivity index (χ4n) is 3.69. The largest absolute Gasteiger partial charge is 0.327 e. The molecule has 25 heavy (non-hydrogen) atoms. The summed E-state index contributed by atoms with van der Waals surface area (Å²) >= 11 is 1.72. The van der Waals surface area contributed by atoms with Crippen LogP contribution in [0.3, 0.4) is 0 Å². The molecule has 0 amide bonds. The molecule has 2 N–H and O–H groups in total. The maximum atomic E-state index is 12.6. The van der Waals surface area contributed by atoms with Crippen LogP contribution in [-0.4, -0.2) is 17.0 Å². The van der Waals surface area contributed by atoms with Crippen LogP contribution in [0, 0.1) is 6.92 Å². The Morgan fingerprint density at radius 3 is 2.72 bits per heavy atom. The van der Waals surface area contributed by atoms with Gasteiger partial charge in [0.15, 0.2) is 5.82 Å². The highest BCUT2D eigenvalue weighted by Crippen LogP contribution is 2.33. The van der Waals surface area contributed by atoms with E-state index in [4.69, 9.17) is 4.98 Å². The molecule has 5 heteroatoms. The maximum Gasteiger partial charge on any atom is 0.260 e.